The van der Waals surface area contributed by atoms with Gasteiger partial charge in [0.1, 0.15) is 11.3 Å². The summed E-state index contributed by atoms with van der Waals surface area (Å²) in [6, 6.07) is 20.2. The molecule has 0 unspecified atom stereocenters. The highest BCUT2D eigenvalue weighted by Gasteiger charge is 2.13. The molecule has 0 bridgehead atoms. The number of rotatable bonds is 3. The van der Waals surface area contributed by atoms with Gasteiger partial charge in [-0.2, -0.15) is 0 Å². The monoisotopic (exact) mass is 253 g/mol. The predicted octanol–water partition coefficient (Wildman–Crippen LogP) is 4.25. The van der Waals surface area contributed by atoms with Crippen molar-refractivity contribution in [2.24, 2.45) is 5.16 Å². The first kappa shape index (κ1) is 13.3. The van der Waals surface area contributed by atoms with Crippen LogP contribution in [0.4, 0.5) is 0 Å². The summed E-state index contributed by atoms with van der Waals surface area (Å²) in [5.41, 5.74) is 2.67. The Hall–Kier alpha value is -2.09. The summed E-state index contributed by atoms with van der Waals surface area (Å²) in [6.07, 6.45) is 0. The molecule has 0 saturated carbocycles. The first-order chi connectivity index (χ1) is 9.06. The fraction of sp³-hybridized carbons (Fsp3) is 0.235. The van der Waals surface area contributed by atoms with Gasteiger partial charge in [0, 0.05) is 11.1 Å². The quantitative estimate of drug-likeness (QED) is 0.592. The van der Waals surface area contributed by atoms with Gasteiger partial charge in [0.15, 0.2) is 0 Å². The highest BCUT2D eigenvalue weighted by Crippen LogP contribution is 2.14. The number of oxime groups is 1. The number of hydrogen-bond donors (Lipinski definition) is 0. The standard InChI is InChI=1S/C17H19NO/c1-17(2,3)19-18-16(14-10-6-4-7-11-14)15-12-8-5-9-13-15/h4-13H,1-3H3. The van der Waals surface area contributed by atoms with Gasteiger partial charge in [0.25, 0.3) is 0 Å². The second kappa shape index (κ2) is 5.70. The summed E-state index contributed by atoms with van der Waals surface area (Å²) in [6.45, 7) is 5.97. The fourth-order valence-electron chi connectivity index (χ4n) is 1.65. The molecule has 2 nitrogen and oxygen atoms in total. The lowest BCUT2D eigenvalue weighted by molar-refractivity contribution is 0.00117. The van der Waals surface area contributed by atoms with Crippen LogP contribution < -0.4 is 0 Å². The van der Waals surface area contributed by atoms with Crippen LogP contribution >= 0.6 is 0 Å². The zero-order chi connectivity index (χ0) is 13.7. The lowest BCUT2D eigenvalue weighted by atomic mass is 10.0. The molecule has 2 rings (SSSR count). The van der Waals surface area contributed by atoms with Crippen LogP contribution in [-0.4, -0.2) is 11.3 Å². The number of benzene rings is 2. The molecular weight excluding hydrogens is 234 g/mol. The average Bonchev–Trinajstić information content (AvgIpc) is 2.40. The van der Waals surface area contributed by atoms with Gasteiger partial charge in [0.2, 0.25) is 0 Å². The van der Waals surface area contributed by atoms with Gasteiger partial charge in [-0.3, -0.25) is 0 Å². The molecule has 19 heavy (non-hydrogen) atoms. The molecule has 0 fully saturated rings. The van der Waals surface area contributed by atoms with Crippen LogP contribution in [0.2, 0.25) is 0 Å². The highest BCUT2D eigenvalue weighted by molar-refractivity contribution is 6.12. The molecule has 98 valence electrons. The van der Waals surface area contributed by atoms with E-state index in [-0.39, 0.29) is 5.60 Å². The van der Waals surface area contributed by atoms with E-state index in [1.165, 1.54) is 0 Å². The maximum absolute atomic E-state index is 5.59. The van der Waals surface area contributed by atoms with E-state index in [9.17, 15) is 0 Å². The molecule has 0 radical (unpaired) electrons. The first-order valence-corrected chi connectivity index (χ1v) is 6.43. The molecular formula is C17H19NO. The SMILES string of the molecule is CC(C)(C)ON=C(c1ccccc1)c1ccccc1. The summed E-state index contributed by atoms with van der Waals surface area (Å²) in [5.74, 6) is 0. The van der Waals surface area contributed by atoms with E-state index < -0.39 is 0 Å². The van der Waals surface area contributed by atoms with Crippen molar-refractivity contribution in [2.75, 3.05) is 0 Å². The van der Waals surface area contributed by atoms with Gasteiger partial charge in [-0.15, -0.1) is 0 Å². The molecule has 0 heterocycles. The Morgan fingerprint density at radius 2 is 1.21 bits per heavy atom. The molecule has 0 saturated heterocycles. The maximum Gasteiger partial charge on any atom is 0.129 e. The second-order valence-electron chi connectivity index (χ2n) is 5.38. The Labute approximate surface area is 114 Å². The summed E-state index contributed by atoms with van der Waals surface area (Å²) >= 11 is 0. The van der Waals surface area contributed by atoms with E-state index in [1.54, 1.807) is 0 Å². The fourth-order valence-corrected chi connectivity index (χ4v) is 1.65. The van der Waals surface area contributed by atoms with Gasteiger partial charge in [0.05, 0.1) is 0 Å². The molecule has 2 heteroatoms. The Bertz CT molecular complexity index is 497. The van der Waals surface area contributed by atoms with E-state index in [2.05, 4.69) is 5.16 Å². The molecule has 0 N–H and O–H groups in total. The summed E-state index contributed by atoms with van der Waals surface area (Å²) in [5, 5.41) is 4.35. The Morgan fingerprint density at radius 3 is 1.58 bits per heavy atom. The minimum atomic E-state index is -0.297. The molecule has 0 spiro atoms. The zero-order valence-corrected chi connectivity index (χ0v) is 11.6. The lowest BCUT2D eigenvalue weighted by Gasteiger charge is -2.17. The van der Waals surface area contributed by atoms with Crippen LogP contribution in [0.1, 0.15) is 31.9 Å². The van der Waals surface area contributed by atoms with Gasteiger partial charge >= 0.3 is 0 Å². The second-order valence-corrected chi connectivity index (χ2v) is 5.38. The lowest BCUT2D eigenvalue weighted by Crippen LogP contribution is -2.17. The van der Waals surface area contributed by atoms with Crippen molar-refractivity contribution in [3.63, 3.8) is 0 Å². The molecule has 0 amide bonds. The molecule has 0 aliphatic carbocycles. The van der Waals surface area contributed by atoms with E-state index in [4.69, 9.17) is 4.84 Å². The van der Waals surface area contributed by atoms with Gasteiger partial charge < -0.3 is 4.84 Å². The van der Waals surface area contributed by atoms with Crippen molar-refractivity contribution in [2.45, 2.75) is 26.4 Å². The molecule has 0 atom stereocenters. The zero-order valence-electron chi connectivity index (χ0n) is 11.6. The number of nitrogens with zero attached hydrogens (tertiary/aromatic N) is 1. The Balaban J connectivity index is 2.40. The van der Waals surface area contributed by atoms with Crippen molar-refractivity contribution in [3.05, 3.63) is 71.8 Å². The molecule has 2 aromatic rings. The third kappa shape index (κ3) is 3.95. The molecule has 2 aromatic carbocycles. The van der Waals surface area contributed by atoms with Crippen molar-refractivity contribution >= 4 is 5.71 Å². The van der Waals surface area contributed by atoms with Gasteiger partial charge in [-0.25, -0.2) is 0 Å². The van der Waals surface area contributed by atoms with Crippen LogP contribution in [0.3, 0.4) is 0 Å². The molecule has 0 aromatic heterocycles. The largest absolute Gasteiger partial charge is 0.390 e. The van der Waals surface area contributed by atoms with Gasteiger partial charge in [-0.05, 0) is 20.8 Å². The van der Waals surface area contributed by atoms with Crippen molar-refractivity contribution in [3.8, 4) is 0 Å². The normalized spacial score (nSPS) is 10.9. The first-order valence-electron chi connectivity index (χ1n) is 6.43. The Morgan fingerprint density at radius 1 is 0.789 bits per heavy atom. The van der Waals surface area contributed by atoms with Crippen LogP contribution in [0.25, 0.3) is 0 Å². The topological polar surface area (TPSA) is 21.6 Å². The third-order valence-corrected chi connectivity index (χ3v) is 2.51. The maximum atomic E-state index is 5.59. The summed E-state index contributed by atoms with van der Waals surface area (Å²) in [4.78, 5) is 5.59. The van der Waals surface area contributed by atoms with Crippen molar-refractivity contribution < 1.29 is 4.84 Å². The van der Waals surface area contributed by atoms with Crippen LogP contribution in [0.5, 0.6) is 0 Å². The minimum Gasteiger partial charge on any atom is -0.390 e. The van der Waals surface area contributed by atoms with Gasteiger partial charge in [-0.1, -0.05) is 65.8 Å². The molecule has 0 aliphatic heterocycles. The smallest absolute Gasteiger partial charge is 0.129 e. The van der Waals surface area contributed by atoms with E-state index in [0.717, 1.165) is 16.8 Å². The summed E-state index contributed by atoms with van der Waals surface area (Å²) in [7, 11) is 0. The highest BCUT2D eigenvalue weighted by atomic mass is 16.6. The minimum absolute atomic E-state index is 0.297. The van der Waals surface area contributed by atoms with Crippen LogP contribution in [0.15, 0.2) is 65.8 Å². The van der Waals surface area contributed by atoms with Crippen LogP contribution in [0, 0.1) is 0 Å². The third-order valence-electron chi connectivity index (χ3n) is 2.51. The van der Waals surface area contributed by atoms with Crippen molar-refractivity contribution in [1.29, 1.82) is 0 Å². The average molecular weight is 253 g/mol. The van der Waals surface area contributed by atoms with Crippen LogP contribution in [-0.2, 0) is 4.84 Å². The Kier molecular flexibility index (Phi) is 4.00. The molecule has 0 aliphatic rings. The van der Waals surface area contributed by atoms with E-state index in [1.807, 2.05) is 81.4 Å². The van der Waals surface area contributed by atoms with E-state index >= 15 is 0 Å². The number of hydrogen-bond acceptors (Lipinski definition) is 2. The van der Waals surface area contributed by atoms with E-state index in [0.29, 0.717) is 0 Å². The predicted molar refractivity (Wildman–Crippen MR) is 79.4 cm³/mol. The van der Waals surface area contributed by atoms with Crippen molar-refractivity contribution in [1.82, 2.24) is 0 Å². The summed E-state index contributed by atoms with van der Waals surface area (Å²) < 4.78 is 0.